The van der Waals surface area contributed by atoms with Gasteiger partial charge in [-0.25, -0.2) is 8.42 Å². The van der Waals surface area contributed by atoms with E-state index >= 15 is 0 Å². The average molecular weight is 489 g/mol. The van der Waals surface area contributed by atoms with Crippen molar-refractivity contribution in [3.8, 4) is 0 Å². The van der Waals surface area contributed by atoms with Crippen molar-refractivity contribution >= 4 is 20.7 Å². The maximum atomic E-state index is 10.6. The molecule has 0 spiro atoms. The standard InChI is InChI=1S/C19H39O4S.2Na.O3S/c1-4-5-6-7-8-9-10-11-12-13-14-15-16-18(2)23-19(3)17-24(20,21)22;;;1-4(2)3/h18-19H,3-17H2,1-2H3,(H,20,21,22);;;/q-1;2*+1;/p-1. The number of rotatable bonds is 17. The predicted molar refractivity (Wildman–Crippen MR) is 110 cm³/mol. The number of unbranched alkanes of at least 4 members (excludes halogenated alkanes) is 11. The molecule has 0 aromatic heterocycles. The molecular weight excluding hydrogens is 450 g/mol. The van der Waals surface area contributed by atoms with E-state index in [4.69, 9.17) is 17.4 Å². The zero-order chi connectivity index (χ0) is 21.8. The van der Waals surface area contributed by atoms with Crippen LogP contribution in [0.2, 0.25) is 0 Å². The molecule has 2 atom stereocenters. The van der Waals surface area contributed by atoms with Crippen LogP contribution in [-0.2, 0) is 25.5 Å². The number of hydrogen-bond acceptors (Lipinski definition) is 7. The molecule has 0 rings (SSSR count). The topological polar surface area (TPSA) is 118 Å². The third kappa shape index (κ3) is 39.9. The maximum absolute atomic E-state index is 10.6. The van der Waals surface area contributed by atoms with Crippen LogP contribution in [0.15, 0.2) is 0 Å². The Morgan fingerprint density at radius 2 is 1.17 bits per heavy atom. The Kier molecular flexibility index (Phi) is 34.5. The van der Waals surface area contributed by atoms with E-state index in [1.54, 1.807) is 0 Å². The summed E-state index contributed by atoms with van der Waals surface area (Å²) in [6.45, 7) is 7.73. The Morgan fingerprint density at radius 3 is 1.50 bits per heavy atom. The zero-order valence-corrected chi connectivity index (χ0v) is 25.1. The molecule has 7 nitrogen and oxygen atoms in total. The fraction of sp³-hybridized carbons (Fsp3) is 0.947. The second kappa shape index (κ2) is 26.7. The second-order valence-electron chi connectivity index (χ2n) is 7.17. The third-order valence-corrected chi connectivity index (χ3v) is 5.06. The van der Waals surface area contributed by atoms with E-state index in [0.29, 0.717) is 0 Å². The van der Waals surface area contributed by atoms with Gasteiger partial charge in [-0.05, 0) is 13.3 Å². The van der Waals surface area contributed by atoms with Crippen LogP contribution in [0.3, 0.4) is 0 Å². The monoisotopic (exact) mass is 488 g/mol. The molecule has 0 amide bonds. The van der Waals surface area contributed by atoms with Crippen LogP contribution in [0.5, 0.6) is 0 Å². The van der Waals surface area contributed by atoms with Gasteiger partial charge in [-0.3, -0.25) is 0 Å². The molecular formula is C19H38Na2O7S2. The molecule has 170 valence electrons. The Hall–Kier alpha value is 1.49. The molecule has 0 bridgehead atoms. The molecule has 11 heteroatoms. The van der Waals surface area contributed by atoms with Gasteiger partial charge in [0.05, 0.1) is 16.2 Å². The van der Waals surface area contributed by atoms with Crippen molar-refractivity contribution in [3.63, 3.8) is 0 Å². The molecule has 0 heterocycles. The van der Waals surface area contributed by atoms with Crippen LogP contribution in [0, 0.1) is 6.92 Å². The van der Waals surface area contributed by atoms with Gasteiger partial charge in [0.15, 0.2) is 0 Å². The second-order valence-corrected chi connectivity index (χ2v) is 9.03. The van der Waals surface area contributed by atoms with Crippen LogP contribution in [0.25, 0.3) is 0 Å². The Labute approximate surface area is 230 Å². The van der Waals surface area contributed by atoms with Crippen molar-refractivity contribution in [1.29, 1.82) is 0 Å². The summed E-state index contributed by atoms with van der Waals surface area (Å²) >= 11 is 0. The van der Waals surface area contributed by atoms with E-state index in [2.05, 4.69) is 13.8 Å². The number of hydrogen-bond donors (Lipinski definition) is 0. The third-order valence-electron chi connectivity index (χ3n) is 4.28. The van der Waals surface area contributed by atoms with Crippen LogP contribution >= 0.6 is 0 Å². The first kappa shape index (κ1) is 38.7. The molecule has 0 fully saturated rings. The van der Waals surface area contributed by atoms with Crippen molar-refractivity contribution in [1.82, 2.24) is 0 Å². The van der Waals surface area contributed by atoms with Gasteiger partial charge >= 0.3 is 69.7 Å². The smallest absolute Gasteiger partial charge is 0.748 e. The van der Waals surface area contributed by atoms with Crippen LogP contribution in [0.1, 0.15) is 97.3 Å². The molecule has 2 unspecified atom stereocenters. The van der Waals surface area contributed by atoms with Gasteiger partial charge in [0.1, 0.15) is 0 Å². The van der Waals surface area contributed by atoms with Gasteiger partial charge < -0.3 is 16.2 Å². The molecule has 0 aliphatic rings. The Bertz CT molecular complexity index is 548. The van der Waals surface area contributed by atoms with Gasteiger partial charge in [-0.1, -0.05) is 90.1 Å². The van der Waals surface area contributed by atoms with Crippen LogP contribution in [-0.4, -0.2) is 43.6 Å². The van der Waals surface area contributed by atoms with E-state index in [1.165, 1.54) is 70.6 Å². The molecule has 0 aliphatic carbocycles. The first-order chi connectivity index (χ1) is 13.1. The summed E-state index contributed by atoms with van der Waals surface area (Å²) in [5, 5.41) is 0. The summed E-state index contributed by atoms with van der Waals surface area (Å²) in [5.41, 5.74) is 0. The molecule has 0 radical (unpaired) electrons. The van der Waals surface area contributed by atoms with Crippen molar-refractivity contribution in [3.05, 3.63) is 6.92 Å². The van der Waals surface area contributed by atoms with E-state index in [1.807, 2.05) is 6.92 Å². The minimum atomic E-state index is -4.25. The minimum absolute atomic E-state index is 0. The molecule has 0 saturated carbocycles. The summed E-state index contributed by atoms with van der Waals surface area (Å²) in [5.74, 6) is -0.546. The average Bonchev–Trinajstić information content (AvgIpc) is 2.53. The summed E-state index contributed by atoms with van der Waals surface area (Å²) in [6.07, 6.45) is 15.9. The summed E-state index contributed by atoms with van der Waals surface area (Å²) in [4.78, 5) is 0. The molecule has 0 N–H and O–H groups in total. The molecule has 0 aromatic rings. The molecule has 0 aliphatic heterocycles. The van der Waals surface area contributed by atoms with E-state index < -0.39 is 32.6 Å². The van der Waals surface area contributed by atoms with Gasteiger partial charge in [0.25, 0.3) is 0 Å². The zero-order valence-electron chi connectivity index (χ0n) is 19.4. The van der Waals surface area contributed by atoms with E-state index in [-0.39, 0.29) is 65.2 Å². The molecule has 30 heavy (non-hydrogen) atoms. The van der Waals surface area contributed by atoms with Gasteiger partial charge in [0, 0.05) is 5.75 Å². The van der Waals surface area contributed by atoms with E-state index in [0.717, 1.165) is 12.8 Å². The Balaban J connectivity index is -0.000000513. The number of ether oxygens (including phenoxy) is 1. The fourth-order valence-corrected chi connectivity index (χ4v) is 3.47. The molecule has 0 saturated heterocycles. The first-order valence-corrected chi connectivity index (χ1v) is 12.8. The van der Waals surface area contributed by atoms with Crippen molar-refractivity contribution in [2.45, 2.75) is 110 Å². The van der Waals surface area contributed by atoms with E-state index in [9.17, 15) is 13.0 Å². The quantitative estimate of drug-likeness (QED) is 0.103. The summed E-state index contributed by atoms with van der Waals surface area (Å²) in [7, 11) is -7.36. The van der Waals surface area contributed by atoms with Crippen LogP contribution in [0.4, 0.5) is 0 Å². The molecule has 0 aromatic carbocycles. The normalized spacial score (nSPS) is 12.5. The van der Waals surface area contributed by atoms with Crippen LogP contribution < -0.4 is 59.1 Å². The van der Waals surface area contributed by atoms with Gasteiger partial charge in [0.2, 0.25) is 0 Å². The Morgan fingerprint density at radius 1 is 0.833 bits per heavy atom. The SMILES string of the molecule is O=S(=O)=O.[CH2-]C(CS(=O)(=O)[O-])OC(C)CCCCCCCCCCCCCC.[Na+].[Na+]. The largest absolute Gasteiger partial charge is 1.00 e. The fourth-order valence-electron chi connectivity index (χ4n) is 2.94. The maximum Gasteiger partial charge on any atom is 1.00 e. The van der Waals surface area contributed by atoms with Crippen molar-refractivity contribution in [2.75, 3.05) is 5.75 Å². The first-order valence-electron chi connectivity index (χ1n) is 10.3. The van der Waals surface area contributed by atoms with Gasteiger partial charge in [-0.2, -0.15) is 0 Å². The minimum Gasteiger partial charge on any atom is -0.748 e. The summed E-state index contributed by atoms with van der Waals surface area (Å²) < 4.78 is 62.6. The van der Waals surface area contributed by atoms with Gasteiger partial charge in [-0.15, -0.1) is 12.6 Å². The predicted octanol–water partition coefficient (Wildman–Crippen LogP) is -1.77. The van der Waals surface area contributed by atoms with Crippen molar-refractivity contribution < 1.29 is 89.4 Å². The summed E-state index contributed by atoms with van der Waals surface area (Å²) in [6, 6.07) is 0. The van der Waals surface area contributed by atoms with Crippen molar-refractivity contribution in [2.24, 2.45) is 0 Å².